The maximum Gasteiger partial charge on any atom is 0.305 e. The number of aliphatic hydroxyl groups is 2. The van der Waals surface area contributed by atoms with Crippen molar-refractivity contribution in [2.75, 3.05) is 0 Å². The van der Waals surface area contributed by atoms with Crippen molar-refractivity contribution < 1.29 is 24.5 Å². The summed E-state index contributed by atoms with van der Waals surface area (Å²) in [6, 6.07) is 12.8. The van der Waals surface area contributed by atoms with Crippen LogP contribution >= 0.6 is 0 Å². The third kappa shape index (κ3) is 5.03. The van der Waals surface area contributed by atoms with Gasteiger partial charge in [0.1, 0.15) is 5.82 Å². The first-order valence-corrected chi connectivity index (χ1v) is 10.3. The lowest BCUT2D eigenvalue weighted by Gasteiger charge is -2.15. The molecule has 31 heavy (non-hydrogen) atoms. The first-order chi connectivity index (χ1) is 14.7. The van der Waals surface area contributed by atoms with Gasteiger partial charge in [-0.05, 0) is 56.2 Å². The predicted octanol–water partition coefficient (Wildman–Crippen LogP) is 4.94. The van der Waals surface area contributed by atoms with E-state index < -0.39 is 24.6 Å². The zero-order valence-corrected chi connectivity index (χ0v) is 17.9. The molecule has 3 aromatic rings. The molecule has 6 heteroatoms. The van der Waals surface area contributed by atoms with Gasteiger partial charge in [-0.25, -0.2) is 4.39 Å². The van der Waals surface area contributed by atoms with Gasteiger partial charge in [-0.1, -0.05) is 30.3 Å². The molecule has 0 aliphatic heterocycles. The monoisotopic (exact) mass is 425 g/mol. The largest absolute Gasteiger partial charge is 0.481 e. The number of hydrogen-bond donors (Lipinski definition) is 3. The molecule has 1 heterocycles. The molecule has 2 atom stereocenters. The van der Waals surface area contributed by atoms with Gasteiger partial charge in [0.2, 0.25) is 0 Å². The Kier molecular flexibility index (Phi) is 6.93. The van der Waals surface area contributed by atoms with Gasteiger partial charge in [0.05, 0.1) is 18.6 Å². The fourth-order valence-corrected chi connectivity index (χ4v) is 4.04. The molecule has 5 nitrogen and oxygen atoms in total. The highest BCUT2D eigenvalue weighted by Crippen LogP contribution is 2.39. The molecule has 3 N–H and O–H groups in total. The molecular formula is C25H28FNO4. The number of aliphatic hydroxyl groups excluding tert-OH is 2. The second kappa shape index (κ2) is 9.45. The van der Waals surface area contributed by atoms with E-state index in [4.69, 9.17) is 5.11 Å². The highest BCUT2D eigenvalue weighted by Gasteiger charge is 2.20. The van der Waals surface area contributed by atoms with Crippen LogP contribution in [0.15, 0.2) is 48.5 Å². The van der Waals surface area contributed by atoms with Gasteiger partial charge in [0, 0.05) is 34.6 Å². The standard InChI is InChI=1S/C25H28FNO4/c1-15(2)27-22-7-5-4-6-21(22)25(20-10-8-17(26)12-16(20)3)23(27)11-9-18(28)13-19(29)14-24(30)31/h4-12,15,18-19,28-29H,13-14H2,1-3H3,(H,30,31)/b11-9+/t18-,19-/m1/s1. The Hall–Kier alpha value is -2.96. The summed E-state index contributed by atoms with van der Waals surface area (Å²) >= 11 is 0. The minimum Gasteiger partial charge on any atom is -0.481 e. The number of fused-ring (bicyclic) bond motifs is 1. The summed E-state index contributed by atoms with van der Waals surface area (Å²) < 4.78 is 15.9. The molecule has 2 aromatic carbocycles. The minimum atomic E-state index is -1.13. The first kappa shape index (κ1) is 22.7. The predicted molar refractivity (Wildman–Crippen MR) is 120 cm³/mol. The number of carboxylic acids is 1. The van der Waals surface area contributed by atoms with Crippen molar-refractivity contribution in [1.29, 1.82) is 0 Å². The Morgan fingerprint density at radius 3 is 2.52 bits per heavy atom. The van der Waals surface area contributed by atoms with Crippen molar-refractivity contribution in [3.05, 3.63) is 65.6 Å². The Morgan fingerprint density at radius 1 is 1.16 bits per heavy atom. The first-order valence-electron chi connectivity index (χ1n) is 10.3. The van der Waals surface area contributed by atoms with Gasteiger partial charge in [-0.15, -0.1) is 0 Å². The number of carboxylic acid groups (broad SMARTS) is 1. The van der Waals surface area contributed by atoms with Crippen LogP contribution < -0.4 is 0 Å². The Labute approximate surface area is 181 Å². The lowest BCUT2D eigenvalue weighted by molar-refractivity contribution is -0.139. The van der Waals surface area contributed by atoms with E-state index in [0.717, 1.165) is 33.3 Å². The van der Waals surface area contributed by atoms with E-state index in [1.807, 2.05) is 31.2 Å². The molecule has 0 saturated heterocycles. The number of hydrogen-bond acceptors (Lipinski definition) is 3. The Bertz CT molecular complexity index is 1120. The molecule has 0 aliphatic carbocycles. The maximum absolute atomic E-state index is 13.8. The second-order valence-corrected chi connectivity index (χ2v) is 8.11. The van der Waals surface area contributed by atoms with Crippen LogP contribution in [0.2, 0.25) is 0 Å². The van der Waals surface area contributed by atoms with Gasteiger partial charge < -0.3 is 19.9 Å². The van der Waals surface area contributed by atoms with Gasteiger partial charge in [0.25, 0.3) is 0 Å². The summed E-state index contributed by atoms with van der Waals surface area (Å²) in [4.78, 5) is 10.8. The number of rotatable bonds is 8. The van der Waals surface area contributed by atoms with Crippen molar-refractivity contribution in [2.45, 2.75) is 51.9 Å². The summed E-state index contributed by atoms with van der Waals surface area (Å²) in [5.41, 5.74) is 4.53. The Morgan fingerprint density at radius 2 is 1.87 bits per heavy atom. The van der Waals surface area contributed by atoms with E-state index in [1.165, 1.54) is 12.1 Å². The quantitative estimate of drug-likeness (QED) is 0.478. The van der Waals surface area contributed by atoms with Crippen LogP contribution in [0.5, 0.6) is 0 Å². The van der Waals surface area contributed by atoms with Crippen molar-refractivity contribution >= 4 is 22.9 Å². The topological polar surface area (TPSA) is 82.7 Å². The summed E-state index contributed by atoms with van der Waals surface area (Å²) in [7, 11) is 0. The van der Waals surface area contributed by atoms with E-state index in [9.17, 15) is 19.4 Å². The van der Waals surface area contributed by atoms with E-state index >= 15 is 0 Å². The fourth-order valence-electron chi connectivity index (χ4n) is 4.04. The smallest absolute Gasteiger partial charge is 0.305 e. The van der Waals surface area contributed by atoms with Gasteiger partial charge >= 0.3 is 5.97 Å². The minimum absolute atomic E-state index is 0.0738. The van der Waals surface area contributed by atoms with E-state index in [-0.39, 0.29) is 18.3 Å². The van der Waals surface area contributed by atoms with Crippen molar-refractivity contribution in [3.8, 4) is 11.1 Å². The molecule has 0 aliphatic rings. The van der Waals surface area contributed by atoms with Crippen LogP contribution in [-0.2, 0) is 4.79 Å². The number of nitrogens with zero attached hydrogens (tertiary/aromatic N) is 1. The number of halogens is 1. The van der Waals surface area contributed by atoms with Crippen molar-refractivity contribution in [1.82, 2.24) is 4.57 Å². The average molecular weight is 426 g/mol. The molecule has 0 bridgehead atoms. The highest BCUT2D eigenvalue weighted by atomic mass is 19.1. The molecule has 0 unspecified atom stereocenters. The highest BCUT2D eigenvalue weighted by molar-refractivity contribution is 6.01. The average Bonchev–Trinajstić information content (AvgIpc) is 3.00. The molecule has 1 aromatic heterocycles. The van der Waals surface area contributed by atoms with E-state index in [2.05, 4.69) is 18.4 Å². The van der Waals surface area contributed by atoms with E-state index in [1.54, 1.807) is 18.2 Å². The molecule has 3 rings (SSSR count). The number of aryl methyl sites for hydroxylation is 1. The molecule has 0 amide bonds. The fraction of sp³-hybridized carbons (Fsp3) is 0.320. The number of benzene rings is 2. The SMILES string of the molecule is Cc1cc(F)ccc1-c1c(/C=C/[C@@H](O)C[C@@H](O)CC(=O)O)n(C(C)C)c2ccccc12. The summed E-state index contributed by atoms with van der Waals surface area (Å²) in [6.45, 7) is 6.00. The number of carbonyl (C=O) groups is 1. The van der Waals surface area contributed by atoms with Gasteiger partial charge in [-0.3, -0.25) is 4.79 Å². The van der Waals surface area contributed by atoms with Crippen molar-refractivity contribution in [3.63, 3.8) is 0 Å². The van der Waals surface area contributed by atoms with Gasteiger partial charge in [-0.2, -0.15) is 0 Å². The summed E-state index contributed by atoms with van der Waals surface area (Å²) in [5, 5.41) is 30.0. The Balaban J connectivity index is 2.13. The van der Waals surface area contributed by atoms with E-state index in [0.29, 0.717) is 0 Å². The molecule has 0 fully saturated rings. The number of aliphatic carboxylic acids is 1. The zero-order valence-electron chi connectivity index (χ0n) is 17.9. The molecular weight excluding hydrogens is 397 g/mol. The van der Waals surface area contributed by atoms with Crippen LogP contribution in [0, 0.1) is 12.7 Å². The zero-order chi connectivity index (χ0) is 22.7. The van der Waals surface area contributed by atoms with Crippen molar-refractivity contribution in [2.24, 2.45) is 0 Å². The van der Waals surface area contributed by atoms with Crippen LogP contribution in [0.4, 0.5) is 4.39 Å². The van der Waals surface area contributed by atoms with Crippen LogP contribution in [0.25, 0.3) is 28.1 Å². The lowest BCUT2D eigenvalue weighted by Crippen LogP contribution is -2.19. The molecule has 0 saturated carbocycles. The normalized spacial score (nSPS) is 13.9. The third-order valence-corrected chi connectivity index (χ3v) is 5.32. The molecule has 0 spiro atoms. The third-order valence-electron chi connectivity index (χ3n) is 5.32. The molecule has 0 radical (unpaired) electrons. The second-order valence-electron chi connectivity index (χ2n) is 8.11. The van der Waals surface area contributed by atoms with Crippen LogP contribution in [0.1, 0.15) is 44.0 Å². The maximum atomic E-state index is 13.8. The summed E-state index contributed by atoms with van der Waals surface area (Å²) in [6.07, 6.45) is 0.742. The van der Waals surface area contributed by atoms with Crippen LogP contribution in [0.3, 0.4) is 0 Å². The number of para-hydroxylation sites is 1. The van der Waals surface area contributed by atoms with Gasteiger partial charge in [0.15, 0.2) is 0 Å². The summed E-state index contributed by atoms with van der Waals surface area (Å²) in [5.74, 6) is -1.41. The molecule has 164 valence electrons. The van der Waals surface area contributed by atoms with Crippen LogP contribution in [-0.4, -0.2) is 38.1 Å². The lowest BCUT2D eigenvalue weighted by atomic mass is 9.97. The number of aromatic nitrogens is 1.